The molecule has 4 rings (SSSR count). The van der Waals surface area contributed by atoms with Crippen LogP contribution in [0.25, 0.3) is 11.2 Å². The molecule has 0 bridgehead atoms. The summed E-state index contributed by atoms with van der Waals surface area (Å²) in [6.07, 6.45) is 9.51. The molecule has 0 atom stereocenters. The summed E-state index contributed by atoms with van der Waals surface area (Å²) in [5.74, 6) is 1.06. The van der Waals surface area contributed by atoms with Gasteiger partial charge in [-0.05, 0) is 37.1 Å². The van der Waals surface area contributed by atoms with Gasteiger partial charge in [-0.25, -0.2) is 9.97 Å². The summed E-state index contributed by atoms with van der Waals surface area (Å²) in [4.78, 5) is 21.5. The molecule has 0 saturated heterocycles. The Hall–Kier alpha value is -2.28. The number of amides is 1. The van der Waals surface area contributed by atoms with E-state index >= 15 is 0 Å². The van der Waals surface area contributed by atoms with Crippen molar-refractivity contribution >= 4 is 28.8 Å². The minimum Gasteiger partial charge on any atom is -0.467 e. The summed E-state index contributed by atoms with van der Waals surface area (Å²) in [6, 6.07) is 7.99. The van der Waals surface area contributed by atoms with E-state index in [0.717, 1.165) is 34.9 Å². The average molecular weight is 370 g/mol. The fourth-order valence-electron chi connectivity index (χ4n) is 3.46. The fourth-order valence-corrected chi connectivity index (χ4v) is 4.36. The monoisotopic (exact) mass is 370 g/mol. The van der Waals surface area contributed by atoms with Crippen molar-refractivity contribution in [2.75, 3.05) is 5.75 Å². The van der Waals surface area contributed by atoms with Gasteiger partial charge >= 0.3 is 0 Å². The van der Waals surface area contributed by atoms with Crippen molar-refractivity contribution in [3.63, 3.8) is 0 Å². The van der Waals surface area contributed by atoms with Crippen molar-refractivity contribution < 1.29 is 9.21 Å². The smallest absolute Gasteiger partial charge is 0.230 e. The largest absolute Gasteiger partial charge is 0.467 e. The number of nitrogens with one attached hydrogen (secondary N) is 1. The summed E-state index contributed by atoms with van der Waals surface area (Å²) >= 11 is 1.48. The minimum atomic E-state index is -0.0263. The van der Waals surface area contributed by atoms with Crippen LogP contribution in [-0.2, 0) is 11.3 Å². The first-order valence-corrected chi connectivity index (χ1v) is 10.0. The van der Waals surface area contributed by atoms with Gasteiger partial charge in [0, 0.05) is 12.2 Å². The molecule has 0 radical (unpaired) electrons. The molecule has 0 spiro atoms. The molecule has 1 fully saturated rings. The van der Waals surface area contributed by atoms with E-state index in [1.165, 1.54) is 31.0 Å². The number of imidazole rings is 1. The molecule has 3 aromatic rings. The van der Waals surface area contributed by atoms with E-state index in [1.807, 2.05) is 30.5 Å². The second-order valence-electron chi connectivity index (χ2n) is 6.55. The number of thioether (sulfide) groups is 1. The molecule has 136 valence electrons. The lowest BCUT2D eigenvalue weighted by atomic mass is 9.95. The molecule has 3 heterocycles. The highest BCUT2D eigenvalue weighted by molar-refractivity contribution is 7.99. The SMILES string of the molecule is O=C(CSc1nc2cccnc2n1C1CCCCC1)NCc1ccco1. The summed E-state index contributed by atoms with van der Waals surface area (Å²) in [6.45, 7) is 0.410. The fraction of sp³-hybridized carbons (Fsp3) is 0.421. The number of hydrogen-bond acceptors (Lipinski definition) is 5. The number of nitrogens with zero attached hydrogens (tertiary/aromatic N) is 3. The molecule has 1 saturated carbocycles. The van der Waals surface area contributed by atoms with Gasteiger partial charge in [0.15, 0.2) is 10.8 Å². The van der Waals surface area contributed by atoms with E-state index in [0.29, 0.717) is 18.3 Å². The summed E-state index contributed by atoms with van der Waals surface area (Å²) in [5.41, 5.74) is 1.83. The lowest BCUT2D eigenvalue weighted by molar-refractivity contribution is -0.118. The van der Waals surface area contributed by atoms with Crippen LogP contribution in [0.1, 0.15) is 43.9 Å². The van der Waals surface area contributed by atoms with Crippen LogP contribution in [0.15, 0.2) is 46.3 Å². The molecular weight excluding hydrogens is 348 g/mol. The van der Waals surface area contributed by atoms with Gasteiger partial charge in [0.25, 0.3) is 0 Å². The number of fused-ring (bicyclic) bond motifs is 1. The maximum Gasteiger partial charge on any atom is 0.230 e. The van der Waals surface area contributed by atoms with Crippen LogP contribution < -0.4 is 5.32 Å². The molecule has 3 aromatic heterocycles. The normalized spacial score (nSPS) is 15.4. The number of rotatable bonds is 6. The predicted molar refractivity (Wildman–Crippen MR) is 101 cm³/mol. The maximum absolute atomic E-state index is 12.2. The van der Waals surface area contributed by atoms with Crippen LogP contribution in [0.2, 0.25) is 0 Å². The van der Waals surface area contributed by atoms with Crippen LogP contribution in [0.4, 0.5) is 0 Å². The highest BCUT2D eigenvalue weighted by Gasteiger charge is 2.22. The van der Waals surface area contributed by atoms with Crippen LogP contribution in [0.5, 0.6) is 0 Å². The first kappa shape index (κ1) is 17.1. The van der Waals surface area contributed by atoms with Gasteiger partial charge in [-0.2, -0.15) is 0 Å². The van der Waals surface area contributed by atoms with E-state index < -0.39 is 0 Å². The number of aromatic nitrogens is 3. The Morgan fingerprint density at radius 2 is 2.15 bits per heavy atom. The first-order chi connectivity index (χ1) is 12.8. The third-order valence-electron chi connectivity index (χ3n) is 4.73. The zero-order valence-corrected chi connectivity index (χ0v) is 15.4. The van der Waals surface area contributed by atoms with Gasteiger partial charge in [0.1, 0.15) is 11.3 Å². The number of hydrogen-bond donors (Lipinski definition) is 1. The molecule has 1 N–H and O–H groups in total. The Bertz CT molecular complexity index is 869. The van der Waals surface area contributed by atoms with E-state index in [-0.39, 0.29) is 5.91 Å². The van der Waals surface area contributed by atoms with Crippen molar-refractivity contribution in [2.24, 2.45) is 0 Å². The number of carbonyl (C=O) groups excluding carboxylic acids is 1. The Kier molecular flexibility index (Phi) is 5.24. The van der Waals surface area contributed by atoms with Crippen molar-refractivity contribution in [2.45, 2.75) is 49.8 Å². The Morgan fingerprint density at radius 1 is 1.27 bits per heavy atom. The van der Waals surface area contributed by atoms with Gasteiger partial charge < -0.3 is 14.3 Å². The van der Waals surface area contributed by atoms with Gasteiger partial charge in [0.2, 0.25) is 5.91 Å². The van der Waals surface area contributed by atoms with E-state index in [4.69, 9.17) is 9.40 Å². The number of carbonyl (C=O) groups is 1. The molecule has 0 aliphatic heterocycles. The Morgan fingerprint density at radius 3 is 2.96 bits per heavy atom. The summed E-state index contributed by atoms with van der Waals surface area (Å²) < 4.78 is 7.49. The molecule has 7 heteroatoms. The van der Waals surface area contributed by atoms with Crippen LogP contribution in [-0.4, -0.2) is 26.2 Å². The lowest BCUT2D eigenvalue weighted by Gasteiger charge is -2.24. The Labute approximate surface area is 156 Å². The molecule has 1 aliphatic rings. The van der Waals surface area contributed by atoms with Crippen LogP contribution in [0.3, 0.4) is 0 Å². The predicted octanol–water partition coefficient (Wildman–Crippen LogP) is 3.94. The second kappa shape index (κ2) is 7.95. The van der Waals surface area contributed by atoms with Gasteiger partial charge in [-0.15, -0.1) is 0 Å². The molecule has 26 heavy (non-hydrogen) atoms. The summed E-state index contributed by atoms with van der Waals surface area (Å²) in [7, 11) is 0. The molecule has 1 aliphatic carbocycles. The topological polar surface area (TPSA) is 73.0 Å². The van der Waals surface area contributed by atoms with Crippen molar-refractivity contribution in [1.29, 1.82) is 0 Å². The first-order valence-electron chi connectivity index (χ1n) is 9.06. The van der Waals surface area contributed by atoms with Crippen molar-refractivity contribution in [1.82, 2.24) is 19.9 Å². The van der Waals surface area contributed by atoms with Gasteiger partial charge in [-0.3, -0.25) is 4.79 Å². The molecule has 0 unspecified atom stereocenters. The molecular formula is C19H22N4O2S. The van der Waals surface area contributed by atoms with Gasteiger partial charge in [0.05, 0.1) is 18.6 Å². The maximum atomic E-state index is 12.2. The second-order valence-corrected chi connectivity index (χ2v) is 7.49. The van der Waals surface area contributed by atoms with Crippen LogP contribution in [0, 0.1) is 0 Å². The standard InChI is InChI=1S/C19H22N4O2S/c24-17(21-12-15-8-5-11-25-15)13-26-19-22-16-9-4-10-20-18(16)23(19)14-6-2-1-3-7-14/h4-5,8-11,14H,1-3,6-7,12-13H2,(H,21,24). The quantitative estimate of drug-likeness (QED) is 0.666. The van der Waals surface area contributed by atoms with Gasteiger partial charge in [-0.1, -0.05) is 31.0 Å². The van der Waals surface area contributed by atoms with E-state index in [1.54, 1.807) is 6.26 Å². The number of furan rings is 1. The Balaban J connectivity index is 1.47. The van der Waals surface area contributed by atoms with Crippen LogP contribution >= 0.6 is 11.8 Å². The van der Waals surface area contributed by atoms with Crippen molar-refractivity contribution in [3.8, 4) is 0 Å². The highest BCUT2D eigenvalue weighted by Crippen LogP contribution is 2.34. The van der Waals surface area contributed by atoms with E-state index in [2.05, 4.69) is 14.9 Å². The average Bonchev–Trinajstić information content (AvgIpc) is 3.32. The lowest BCUT2D eigenvalue weighted by Crippen LogP contribution is -2.24. The zero-order valence-electron chi connectivity index (χ0n) is 14.6. The minimum absolute atomic E-state index is 0.0263. The summed E-state index contributed by atoms with van der Waals surface area (Å²) in [5, 5.41) is 3.77. The van der Waals surface area contributed by atoms with E-state index in [9.17, 15) is 4.79 Å². The zero-order chi connectivity index (χ0) is 17.8. The highest BCUT2D eigenvalue weighted by atomic mass is 32.2. The third kappa shape index (κ3) is 3.77. The molecule has 6 nitrogen and oxygen atoms in total. The molecule has 0 aromatic carbocycles. The number of pyridine rings is 1. The van der Waals surface area contributed by atoms with Crippen molar-refractivity contribution in [3.05, 3.63) is 42.5 Å². The molecule has 1 amide bonds. The third-order valence-corrected chi connectivity index (χ3v) is 5.68.